The lowest BCUT2D eigenvalue weighted by Crippen LogP contribution is -2.17. The highest BCUT2D eigenvalue weighted by Gasteiger charge is 2.07. The molecule has 2 rings (SSSR count). The molecule has 0 aliphatic heterocycles. The summed E-state index contributed by atoms with van der Waals surface area (Å²) in [7, 11) is 1.68. The van der Waals surface area contributed by atoms with Crippen LogP contribution in [0, 0.1) is 0 Å². The van der Waals surface area contributed by atoms with E-state index in [1.165, 1.54) is 11.1 Å². The Labute approximate surface area is 117 Å². The predicted octanol–water partition coefficient (Wildman–Crippen LogP) is 4.26. The Hall–Kier alpha value is -1.03. The summed E-state index contributed by atoms with van der Waals surface area (Å²) < 4.78 is 6.04. The SMILES string of the molecule is COc1cccc(CNC(C)c2csc(Cl)c2)c1. The van der Waals surface area contributed by atoms with Gasteiger partial charge in [-0.2, -0.15) is 0 Å². The van der Waals surface area contributed by atoms with E-state index in [9.17, 15) is 0 Å². The van der Waals surface area contributed by atoms with Crippen LogP contribution in [0.15, 0.2) is 35.7 Å². The number of thiophene rings is 1. The lowest BCUT2D eigenvalue weighted by atomic mass is 10.1. The maximum atomic E-state index is 5.94. The number of hydrogen-bond acceptors (Lipinski definition) is 3. The van der Waals surface area contributed by atoms with Gasteiger partial charge in [0.25, 0.3) is 0 Å². The first-order valence-electron chi connectivity index (χ1n) is 5.79. The molecule has 1 aromatic carbocycles. The van der Waals surface area contributed by atoms with Gasteiger partial charge in [0.15, 0.2) is 0 Å². The molecule has 0 radical (unpaired) electrons. The summed E-state index contributed by atoms with van der Waals surface area (Å²) in [6, 6.07) is 10.4. The molecule has 0 aliphatic carbocycles. The first kappa shape index (κ1) is 13.4. The molecule has 4 heteroatoms. The maximum absolute atomic E-state index is 5.94. The Bertz CT molecular complexity index is 512. The fourth-order valence-corrected chi connectivity index (χ4v) is 2.71. The topological polar surface area (TPSA) is 21.3 Å². The van der Waals surface area contributed by atoms with Crippen LogP contribution in [0.2, 0.25) is 4.34 Å². The minimum Gasteiger partial charge on any atom is -0.497 e. The van der Waals surface area contributed by atoms with Gasteiger partial charge in [0.05, 0.1) is 11.4 Å². The van der Waals surface area contributed by atoms with Gasteiger partial charge in [0, 0.05) is 12.6 Å². The van der Waals surface area contributed by atoms with E-state index < -0.39 is 0 Å². The molecule has 1 aromatic heterocycles. The molecule has 0 bridgehead atoms. The van der Waals surface area contributed by atoms with Crippen LogP contribution in [0.25, 0.3) is 0 Å². The van der Waals surface area contributed by atoms with Crippen molar-refractivity contribution < 1.29 is 4.74 Å². The second-order valence-electron chi connectivity index (χ2n) is 4.14. The standard InChI is InChI=1S/C14H16ClNOS/c1-10(12-7-14(15)18-9-12)16-8-11-4-3-5-13(6-11)17-2/h3-7,9-10,16H,8H2,1-2H3. The van der Waals surface area contributed by atoms with E-state index in [0.717, 1.165) is 16.6 Å². The van der Waals surface area contributed by atoms with Gasteiger partial charge in [-0.3, -0.25) is 0 Å². The van der Waals surface area contributed by atoms with Crippen molar-refractivity contribution in [2.75, 3.05) is 7.11 Å². The van der Waals surface area contributed by atoms with Gasteiger partial charge in [-0.1, -0.05) is 23.7 Å². The van der Waals surface area contributed by atoms with Gasteiger partial charge >= 0.3 is 0 Å². The van der Waals surface area contributed by atoms with Gasteiger partial charge in [0.2, 0.25) is 0 Å². The molecule has 0 saturated heterocycles. The highest BCUT2D eigenvalue weighted by atomic mass is 35.5. The quantitative estimate of drug-likeness (QED) is 0.884. The number of ether oxygens (including phenoxy) is 1. The van der Waals surface area contributed by atoms with Crippen molar-refractivity contribution in [2.45, 2.75) is 19.5 Å². The Morgan fingerprint density at radius 3 is 2.89 bits per heavy atom. The molecular weight excluding hydrogens is 266 g/mol. The molecule has 18 heavy (non-hydrogen) atoms. The van der Waals surface area contributed by atoms with E-state index in [4.69, 9.17) is 16.3 Å². The van der Waals surface area contributed by atoms with E-state index >= 15 is 0 Å². The third-order valence-corrected chi connectivity index (χ3v) is 3.94. The third-order valence-electron chi connectivity index (χ3n) is 2.83. The molecule has 0 aliphatic rings. The van der Waals surface area contributed by atoms with Gasteiger partial charge in [0.1, 0.15) is 5.75 Å². The van der Waals surface area contributed by atoms with E-state index in [0.29, 0.717) is 6.04 Å². The number of nitrogens with one attached hydrogen (secondary N) is 1. The third kappa shape index (κ3) is 3.48. The molecular formula is C14H16ClNOS. The molecule has 1 N–H and O–H groups in total. The van der Waals surface area contributed by atoms with Crippen LogP contribution in [-0.2, 0) is 6.54 Å². The van der Waals surface area contributed by atoms with Crippen molar-refractivity contribution in [2.24, 2.45) is 0 Å². The Balaban J connectivity index is 1.94. The van der Waals surface area contributed by atoms with Gasteiger partial charge < -0.3 is 10.1 Å². The zero-order valence-corrected chi connectivity index (χ0v) is 12.0. The number of benzene rings is 1. The highest BCUT2D eigenvalue weighted by Crippen LogP contribution is 2.25. The highest BCUT2D eigenvalue weighted by molar-refractivity contribution is 7.14. The number of hydrogen-bond donors (Lipinski definition) is 1. The lowest BCUT2D eigenvalue weighted by molar-refractivity contribution is 0.414. The number of halogens is 1. The molecule has 0 spiro atoms. The zero-order chi connectivity index (χ0) is 13.0. The summed E-state index contributed by atoms with van der Waals surface area (Å²) in [5.41, 5.74) is 2.44. The smallest absolute Gasteiger partial charge is 0.119 e. The summed E-state index contributed by atoms with van der Waals surface area (Å²) >= 11 is 7.50. The van der Waals surface area contributed by atoms with Crippen LogP contribution < -0.4 is 10.1 Å². The number of methoxy groups -OCH3 is 1. The van der Waals surface area contributed by atoms with Crippen molar-refractivity contribution >= 4 is 22.9 Å². The van der Waals surface area contributed by atoms with Crippen LogP contribution in [0.1, 0.15) is 24.1 Å². The molecule has 0 fully saturated rings. The van der Waals surface area contributed by atoms with E-state index in [1.807, 2.05) is 24.3 Å². The molecule has 2 aromatic rings. The fourth-order valence-electron chi connectivity index (χ4n) is 1.72. The largest absolute Gasteiger partial charge is 0.497 e. The number of rotatable bonds is 5. The first-order valence-corrected chi connectivity index (χ1v) is 7.05. The molecule has 96 valence electrons. The minimum atomic E-state index is 0.292. The summed E-state index contributed by atoms with van der Waals surface area (Å²) in [6.07, 6.45) is 0. The molecule has 1 unspecified atom stereocenters. The van der Waals surface area contributed by atoms with Crippen molar-refractivity contribution in [3.63, 3.8) is 0 Å². The fraction of sp³-hybridized carbons (Fsp3) is 0.286. The molecule has 1 atom stereocenters. The predicted molar refractivity (Wildman–Crippen MR) is 77.6 cm³/mol. The molecule has 0 amide bonds. The second-order valence-corrected chi connectivity index (χ2v) is 5.68. The van der Waals surface area contributed by atoms with Crippen molar-refractivity contribution in [1.82, 2.24) is 5.32 Å². The average Bonchev–Trinajstić information content (AvgIpc) is 2.83. The Kier molecular flexibility index (Phi) is 4.64. The molecule has 1 heterocycles. The zero-order valence-electron chi connectivity index (χ0n) is 10.4. The first-order chi connectivity index (χ1) is 8.69. The Morgan fingerprint density at radius 1 is 1.39 bits per heavy atom. The van der Waals surface area contributed by atoms with Gasteiger partial charge in [-0.05, 0) is 41.6 Å². The van der Waals surface area contributed by atoms with Crippen LogP contribution >= 0.6 is 22.9 Å². The molecule has 0 saturated carbocycles. The van der Waals surface area contributed by atoms with E-state index in [2.05, 4.69) is 23.7 Å². The van der Waals surface area contributed by atoms with Crippen LogP contribution in [0.4, 0.5) is 0 Å². The van der Waals surface area contributed by atoms with Crippen LogP contribution in [-0.4, -0.2) is 7.11 Å². The lowest BCUT2D eigenvalue weighted by Gasteiger charge is -2.12. The maximum Gasteiger partial charge on any atom is 0.119 e. The summed E-state index contributed by atoms with van der Waals surface area (Å²) in [6.45, 7) is 2.95. The summed E-state index contributed by atoms with van der Waals surface area (Å²) in [5.74, 6) is 0.889. The van der Waals surface area contributed by atoms with Gasteiger partial charge in [-0.15, -0.1) is 11.3 Å². The van der Waals surface area contributed by atoms with Crippen LogP contribution in [0.3, 0.4) is 0 Å². The van der Waals surface area contributed by atoms with Crippen LogP contribution in [0.5, 0.6) is 5.75 Å². The van der Waals surface area contributed by atoms with Crippen molar-refractivity contribution in [3.8, 4) is 5.75 Å². The minimum absolute atomic E-state index is 0.292. The summed E-state index contributed by atoms with van der Waals surface area (Å²) in [4.78, 5) is 0. The second kappa shape index (κ2) is 6.23. The van der Waals surface area contributed by atoms with Gasteiger partial charge in [-0.25, -0.2) is 0 Å². The monoisotopic (exact) mass is 281 g/mol. The van der Waals surface area contributed by atoms with Crippen molar-refractivity contribution in [3.05, 3.63) is 51.2 Å². The average molecular weight is 282 g/mol. The summed E-state index contributed by atoms with van der Waals surface area (Å²) in [5, 5.41) is 5.56. The Morgan fingerprint density at radius 2 is 2.22 bits per heavy atom. The van der Waals surface area contributed by atoms with Crippen molar-refractivity contribution in [1.29, 1.82) is 0 Å². The van der Waals surface area contributed by atoms with E-state index in [-0.39, 0.29) is 0 Å². The van der Waals surface area contributed by atoms with E-state index in [1.54, 1.807) is 18.4 Å². The molecule has 2 nitrogen and oxygen atoms in total. The normalized spacial score (nSPS) is 12.4.